The highest BCUT2D eigenvalue weighted by Gasteiger charge is 2.15. The third kappa shape index (κ3) is 7.51. The number of nitrogens with one attached hydrogen (secondary N) is 1. The average molecular weight is 215 g/mol. The first kappa shape index (κ1) is 14.6. The Morgan fingerprint density at radius 3 is 2.60 bits per heavy atom. The molecule has 0 fully saturated rings. The van der Waals surface area contributed by atoms with E-state index in [0.717, 1.165) is 25.5 Å². The smallest absolute Gasteiger partial charge is 0.122 e. The topological polar surface area (TPSA) is 38.3 Å². The van der Waals surface area contributed by atoms with E-state index >= 15 is 0 Å². The molecule has 0 heterocycles. The first-order valence-corrected chi connectivity index (χ1v) is 5.80. The van der Waals surface area contributed by atoms with Gasteiger partial charge in [0.15, 0.2) is 0 Å². The van der Waals surface area contributed by atoms with Crippen LogP contribution in [0.4, 0.5) is 0 Å². The lowest BCUT2D eigenvalue weighted by atomic mass is 10.0. The third-order valence-corrected chi connectivity index (χ3v) is 2.73. The highest BCUT2D eigenvalue weighted by atomic mass is 16.5. The maximum Gasteiger partial charge on any atom is 0.122 e. The van der Waals surface area contributed by atoms with E-state index in [1.807, 2.05) is 7.05 Å². The predicted molar refractivity (Wildman–Crippen MR) is 63.1 cm³/mol. The van der Waals surface area contributed by atoms with Crippen LogP contribution in [0.15, 0.2) is 0 Å². The first-order valence-electron chi connectivity index (χ1n) is 5.80. The normalized spacial score (nSPS) is 13.9. The van der Waals surface area contributed by atoms with E-state index in [1.165, 1.54) is 0 Å². The van der Waals surface area contributed by atoms with Crippen LogP contribution in [0.2, 0.25) is 0 Å². The summed E-state index contributed by atoms with van der Waals surface area (Å²) < 4.78 is 5.69. The Morgan fingerprint density at radius 2 is 2.13 bits per heavy atom. The summed E-state index contributed by atoms with van der Waals surface area (Å²) in [5.41, 5.74) is 0.109. The van der Waals surface area contributed by atoms with E-state index in [1.54, 1.807) is 0 Å². The van der Waals surface area contributed by atoms with Crippen LogP contribution in [0.1, 0.15) is 46.5 Å². The van der Waals surface area contributed by atoms with Gasteiger partial charge < -0.3 is 14.8 Å². The predicted octanol–water partition coefficient (Wildman–Crippen LogP) is 2.15. The zero-order chi connectivity index (χ0) is 11.7. The molecular weight excluding hydrogens is 190 g/mol. The van der Waals surface area contributed by atoms with E-state index in [-0.39, 0.29) is 11.6 Å². The Labute approximate surface area is 93.6 Å². The molecule has 1 unspecified atom stereocenters. The molecule has 0 aliphatic rings. The lowest BCUT2D eigenvalue weighted by Gasteiger charge is -2.25. The van der Waals surface area contributed by atoms with Gasteiger partial charge in [0.1, 0.15) is 6.29 Å². The second kappa shape index (κ2) is 7.83. The first-order chi connectivity index (χ1) is 7.05. The van der Waals surface area contributed by atoms with Crippen molar-refractivity contribution in [3.05, 3.63) is 0 Å². The van der Waals surface area contributed by atoms with E-state index in [9.17, 15) is 4.79 Å². The van der Waals surface area contributed by atoms with Crippen molar-refractivity contribution in [3.8, 4) is 0 Å². The molecule has 3 nitrogen and oxygen atoms in total. The minimum Gasteiger partial charge on any atom is -0.378 e. The van der Waals surface area contributed by atoms with Crippen LogP contribution in [-0.2, 0) is 9.53 Å². The van der Waals surface area contributed by atoms with Crippen molar-refractivity contribution in [3.63, 3.8) is 0 Å². The summed E-state index contributed by atoms with van der Waals surface area (Å²) in [7, 11) is 1.95. The van der Waals surface area contributed by atoms with Crippen LogP contribution in [0.25, 0.3) is 0 Å². The van der Waals surface area contributed by atoms with E-state index < -0.39 is 0 Å². The van der Waals surface area contributed by atoms with Crippen LogP contribution in [0, 0.1) is 0 Å². The third-order valence-electron chi connectivity index (χ3n) is 2.73. The molecule has 0 bridgehead atoms. The second-order valence-corrected chi connectivity index (χ2v) is 4.57. The lowest BCUT2D eigenvalue weighted by Crippen LogP contribution is -2.37. The summed E-state index contributed by atoms with van der Waals surface area (Å²) >= 11 is 0. The standard InChI is InChI=1S/C12H25NO2/c1-5-6-11(7-9-14)15-10-8-12(2,3)13-4/h9,11,13H,5-8,10H2,1-4H3. The minimum absolute atomic E-state index is 0.109. The van der Waals surface area contributed by atoms with E-state index in [2.05, 4.69) is 26.1 Å². The van der Waals surface area contributed by atoms with Gasteiger partial charge in [-0.15, -0.1) is 0 Å². The molecule has 0 spiro atoms. The number of hydrogen-bond donors (Lipinski definition) is 1. The minimum atomic E-state index is 0.109. The number of carbonyl (C=O) groups is 1. The van der Waals surface area contributed by atoms with E-state index in [0.29, 0.717) is 13.0 Å². The molecule has 0 aromatic heterocycles. The average Bonchev–Trinajstić information content (AvgIpc) is 2.18. The molecule has 0 saturated carbocycles. The summed E-state index contributed by atoms with van der Waals surface area (Å²) in [6, 6.07) is 0. The molecule has 0 aromatic rings. The van der Waals surface area contributed by atoms with Gasteiger partial charge in [-0.3, -0.25) is 0 Å². The molecule has 0 saturated heterocycles. The van der Waals surface area contributed by atoms with Gasteiger partial charge in [-0.1, -0.05) is 13.3 Å². The van der Waals surface area contributed by atoms with Gasteiger partial charge in [0, 0.05) is 18.6 Å². The molecule has 0 amide bonds. The summed E-state index contributed by atoms with van der Waals surface area (Å²) in [5.74, 6) is 0. The number of ether oxygens (including phenoxy) is 1. The van der Waals surface area contributed by atoms with Crippen molar-refractivity contribution in [2.24, 2.45) is 0 Å². The number of carbonyl (C=O) groups excluding carboxylic acids is 1. The zero-order valence-electron chi connectivity index (χ0n) is 10.5. The molecule has 1 N–H and O–H groups in total. The van der Waals surface area contributed by atoms with Gasteiger partial charge in [0.25, 0.3) is 0 Å². The van der Waals surface area contributed by atoms with Crippen molar-refractivity contribution in [2.45, 2.75) is 58.1 Å². The van der Waals surface area contributed by atoms with Crippen molar-refractivity contribution < 1.29 is 9.53 Å². The van der Waals surface area contributed by atoms with Crippen LogP contribution in [0.5, 0.6) is 0 Å². The van der Waals surface area contributed by atoms with Crippen LogP contribution in [0.3, 0.4) is 0 Å². The van der Waals surface area contributed by atoms with Crippen LogP contribution in [-0.4, -0.2) is 31.6 Å². The number of aldehydes is 1. The van der Waals surface area contributed by atoms with Crippen molar-refractivity contribution in [1.29, 1.82) is 0 Å². The Kier molecular flexibility index (Phi) is 7.61. The molecule has 0 aliphatic heterocycles. The summed E-state index contributed by atoms with van der Waals surface area (Å²) in [6.07, 6.45) is 4.58. The molecule has 90 valence electrons. The Morgan fingerprint density at radius 1 is 1.47 bits per heavy atom. The fourth-order valence-electron chi connectivity index (χ4n) is 1.30. The summed E-state index contributed by atoms with van der Waals surface area (Å²) in [5, 5.41) is 3.23. The van der Waals surface area contributed by atoms with E-state index in [4.69, 9.17) is 4.74 Å². The van der Waals surface area contributed by atoms with Crippen molar-refractivity contribution in [2.75, 3.05) is 13.7 Å². The molecule has 0 aliphatic carbocycles. The monoisotopic (exact) mass is 215 g/mol. The molecule has 0 radical (unpaired) electrons. The number of rotatable bonds is 9. The van der Waals surface area contributed by atoms with Gasteiger partial charge in [-0.2, -0.15) is 0 Å². The maximum absolute atomic E-state index is 10.4. The lowest BCUT2D eigenvalue weighted by molar-refractivity contribution is -0.110. The highest BCUT2D eigenvalue weighted by molar-refractivity contribution is 5.50. The van der Waals surface area contributed by atoms with Crippen LogP contribution >= 0.6 is 0 Å². The van der Waals surface area contributed by atoms with Gasteiger partial charge in [-0.25, -0.2) is 0 Å². The van der Waals surface area contributed by atoms with Gasteiger partial charge >= 0.3 is 0 Å². The fraction of sp³-hybridized carbons (Fsp3) is 0.917. The molecular formula is C12H25NO2. The second-order valence-electron chi connectivity index (χ2n) is 4.57. The SMILES string of the molecule is CCCC(CC=O)OCCC(C)(C)NC. The highest BCUT2D eigenvalue weighted by Crippen LogP contribution is 2.11. The molecule has 0 aromatic carbocycles. The Bertz CT molecular complexity index is 169. The van der Waals surface area contributed by atoms with Crippen LogP contribution < -0.4 is 5.32 Å². The molecule has 15 heavy (non-hydrogen) atoms. The Balaban J connectivity index is 3.74. The van der Waals surface area contributed by atoms with Crippen molar-refractivity contribution in [1.82, 2.24) is 5.32 Å². The zero-order valence-corrected chi connectivity index (χ0v) is 10.5. The number of hydrogen-bond acceptors (Lipinski definition) is 3. The molecule has 0 rings (SSSR count). The summed E-state index contributed by atoms with van der Waals surface area (Å²) in [6.45, 7) is 7.11. The fourth-order valence-corrected chi connectivity index (χ4v) is 1.30. The Hall–Kier alpha value is -0.410. The quantitative estimate of drug-likeness (QED) is 0.599. The van der Waals surface area contributed by atoms with Gasteiger partial charge in [0.2, 0.25) is 0 Å². The van der Waals surface area contributed by atoms with Crippen molar-refractivity contribution >= 4 is 6.29 Å². The molecule has 1 atom stereocenters. The summed E-state index contributed by atoms with van der Waals surface area (Å²) in [4.78, 5) is 10.4. The largest absolute Gasteiger partial charge is 0.378 e. The van der Waals surface area contributed by atoms with Gasteiger partial charge in [0.05, 0.1) is 6.10 Å². The maximum atomic E-state index is 10.4. The van der Waals surface area contributed by atoms with Gasteiger partial charge in [-0.05, 0) is 33.7 Å². The molecule has 3 heteroatoms.